The fourth-order valence-electron chi connectivity index (χ4n) is 1.28. The van der Waals surface area contributed by atoms with E-state index in [4.69, 9.17) is 14.3 Å². The van der Waals surface area contributed by atoms with E-state index in [0.717, 1.165) is 0 Å². The molecule has 1 heterocycles. The minimum Gasteiger partial charge on any atom is -0.508 e. The van der Waals surface area contributed by atoms with Crippen molar-refractivity contribution in [2.75, 3.05) is 6.61 Å². The number of ether oxygens (including phenoxy) is 1. The van der Waals surface area contributed by atoms with Gasteiger partial charge >= 0.3 is 0 Å². The third-order valence-corrected chi connectivity index (χ3v) is 2.12. The number of phenols is 1. The second-order valence-electron chi connectivity index (χ2n) is 3.34. The molecular formula is C12H12O4. The summed E-state index contributed by atoms with van der Waals surface area (Å²) in [5, 5.41) is 18.7. The second kappa shape index (κ2) is 4.72. The first-order valence-corrected chi connectivity index (χ1v) is 4.89. The van der Waals surface area contributed by atoms with Crippen LogP contribution in [0, 0.1) is 0 Å². The summed E-state index contributed by atoms with van der Waals surface area (Å²) in [6.45, 7) is 0.109. The highest BCUT2D eigenvalue weighted by molar-refractivity contribution is 5.30. The number of rotatable bonds is 4. The van der Waals surface area contributed by atoms with Crippen molar-refractivity contribution >= 4 is 0 Å². The zero-order chi connectivity index (χ0) is 11.4. The van der Waals surface area contributed by atoms with E-state index >= 15 is 0 Å². The molecule has 1 aromatic carbocycles. The molecule has 1 atom stereocenters. The average Bonchev–Trinajstić information content (AvgIpc) is 2.81. The van der Waals surface area contributed by atoms with Crippen molar-refractivity contribution in [1.82, 2.24) is 0 Å². The lowest BCUT2D eigenvalue weighted by Crippen LogP contribution is -2.08. The van der Waals surface area contributed by atoms with Gasteiger partial charge in [0.15, 0.2) is 0 Å². The van der Waals surface area contributed by atoms with Crippen LogP contribution in [0.3, 0.4) is 0 Å². The highest BCUT2D eigenvalue weighted by atomic mass is 16.5. The van der Waals surface area contributed by atoms with Crippen LogP contribution >= 0.6 is 0 Å². The van der Waals surface area contributed by atoms with Crippen molar-refractivity contribution in [3.05, 3.63) is 48.4 Å². The summed E-state index contributed by atoms with van der Waals surface area (Å²) in [6, 6.07) is 9.70. The molecule has 0 aliphatic carbocycles. The molecule has 2 aromatic rings. The second-order valence-corrected chi connectivity index (χ2v) is 3.34. The fraction of sp³-hybridized carbons (Fsp3) is 0.167. The zero-order valence-electron chi connectivity index (χ0n) is 8.54. The molecule has 0 radical (unpaired) electrons. The van der Waals surface area contributed by atoms with Crippen molar-refractivity contribution in [3.63, 3.8) is 0 Å². The van der Waals surface area contributed by atoms with E-state index < -0.39 is 6.10 Å². The summed E-state index contributed by atoms with van der Waals surface area (Å²) in [5.74, 6) is 1.24. The third-order valence-electron chi connectivity index (χ3n) is 2.12. The molecule has 0 fully saturated rings. The number of benzene rings is 1. The largest absolute Gasteiger partial charge is 0.508 e. The number of phenolic OH excluding ortho intramolecular Hbond substituents is 1. The van der Waals surface area contributed by atoms with Gasteiger partial charge in [0.05, 0.1) is 6.26 Å². The first-order valence-electron chi connectivity index (χ1n) is 4.89. The average molecular weight is 220 g/mol. The Labute approximate surface area is 92.7 Å². The summed E-state index contributed by atoms with van der Waals surface area (Å²) >= 11 is 0. The Hall–Kier alpha value is -1.94. The van der Waals surface area contributed by atoms with Gasteiger partial charge in [0.1, 0.15) is 30.0 Å². The highest BCUT2D eigenvalue weighted by Crippen LogP contribution is 2.19. The summed E-state index contributed by atoms with van der Waals surface area (Å²) in [5.41, 5.74) is 0. The number of aliphatic hydroxyl groups excluding tert-OH is 1. The number of hydrogen-bond donors (Lipinski definition) is 2. The molecule has 16 heavy (non-hydrogen) atoms. The van der Waals surface area contributed by atoms with Crippen molar-refractivity contribution in [3.8, 4) is 11.5 Å². The minimum atomic E-state index is -0.788. The maximum Gasteiger partial charge on any atom is 0.145 e. The fourth-order valence-corrected chi connectivity index (χ4v) is 1.28. The molecule has 1 aromatic heterocycles. The van der Waals surface area contributed by atoms with Crippen molar-refractivity contribution in [1.29, 1.82) is 0 Å². The predicted octanol–water partition coefficient (Wildman–Crippen LogP) is 2.10. The van der Waals surface area contributed by atoms with E-state index in [-0.39, 0.29) is 12.4 Å². The maximum absolute atomic E-state index is 9.66. The Kier molecular flexibility index (Phi) is 3.12. The molecular weight excluding hydrogens is 208 g/mol. The molecule has 4 heteroatoms. The van der Waals surface area contributed by atoms with Gasteiger partial charge in [-0.25, -0.2) is 0 Å². The first kappa shape index (κ1) is 10.6. The number of furan rings is 1. The summed E-state index contributed by atoms with van der Waals surface area (Å²) in [4.78, 5) is 0. The SMILES string of the molecule is Oc1ccc(OCC(O)c2ccco2)cc1. The van der Waals surface area contributed by atoms with Crippen LogP contribution in [0.2, 0.25) is 0 Å². The van der Waals surface area contributed by atoms with Crippen LogP contribution in [0.4, 0.5) is 0 Å². The molecule has 0 aliphatic heterocycles. The molecule has 0 amide bonds. The zero-order valence-corrected chi connectivity index (χ0v) is 8.54. The van der Waals surface area contributed by atoms with E-state index in [1.54, 1.807) is 24.3 Å². The third kappa shape index (κ3) is 2.55. The van der Waals surface area contributed by atoms with Gasteiger partial charge in [-0.3, -0.25) is 0 Å². The number of hydrogen-bond acceptors (Lipinski definition) is 4. The van der Waals surface area contributed by atoms with Gasteiger partial charge in [0.2, 0.25) is 0 Å². The van der Waals surface area contributed by atoms with E-state index in [9.17, 15) is 5.11 Å². The monoisotopic (exact) mass is 220 g/mol. The van der Waals surface area contributed by atoms with Crippen LogP contribution in [0.5, 0.6) is 11.5 Å². The number of aromatic hydroxyl groups is 1. The van der Waals surface area contributed by atoms with Gasteiger partial charge in [-0.05, 0) is 36.4 Å². The normalized spacial score (nSPS) is 12.3. The van der Waals surface area contributed by atoms with Crippen molar-refractivity contribution in [2.24, 2.45) is 0 Å². The lowest BCUT2D eigenvalue weighted by molar-refractivity contribution is 0.0888. The Bertz CT molecular complexity index is 419. The van der Waals surface area contributed by atoms with Crippen molar-refractivity contribution < 1.29 is 19.4 Å². The Morgan fingerprint density at radius 1 is 1.19 bits per heavy atom. The molecule has 0 saturated carbocycles. The van der Waals surface area contributed by atoms with Crippen LogP contribution in [-0.2, 0) is 0 Å². The molecule has 2 rings (SSSR count). The Morgan fingerprint density at radius 3 is 2.56 bits per heavy atom. The first-order chi connectivity index (χ1) is 7.75. The van der Waals surface area contributed by atoms with Gasteiger partial charge in [-0.15, -0.1) is 0 Å². The molecule has 0 saturated heterocycles. The molecule has 0 bridgehead atoms. The molecule has 2 N–H and O–H groups in total. The van der Waals surface area contributed by atoms with Gasteiger partial charge in [-0.1, -0.05) is 0 Å². The van der Waals surface area contributed by atoms with Gasteiger partial charge in [0.25, 0.3) is 0 Å². The lowest BCUT2D eigenvalue weighted by Gasteiger charge is -2.10. The predicted molar refractivity (Wildman–Crippen MR) is 57.3 cm³/mol. The minimum absolute atomic E-state index is 0.109. The van der Waals surface area contributed by atoms with Gasteiger partial charge in [-0.2, -0.15) is 0 Å². The Balaban J connectivity index is 1.90. The van der Waals surface area contributed by atoms with Gasteiger partial charge < -0.3 is 19.4 Å². The lowest BCUT2D eigenvalue weighted by atomic mass is 10.3. The van der Waals surface area contributed by atoms with Crippen LogP contribution in [0.1, 0.15) is 11.9 Å². The molecule has 84 valence electrons. The summed E-state index contributed by atoms with van der Waals surface area (Å²) in [7, 11) is 0. The van der Waals surface area contributed by atoms with Crippen LogP contribution < -0.4 is 4.74 Å². The molecule has 0 aliphatic rings. The molecule has 4 nitrogen and oxygen atoms in total. The highest BCUT2D eigenvalue weighted by Gasteiger charge is 2.10. The smallest absolute Gasteiger partial charge is 0.145 e. The van der Waals surface area contributed by atoms with E-state index in [1.807, 2.05) is 0 Å². The van der Waals surface area contributed by atoms with Crippen LogP contribution in [-0.4, -0.2) is 16.8 Å². The summed E-state index contributed by atoms with van der Waals surface area (Å²) < 4.78 is 10.4. The van der Waals surface area contributed by atoms with Crippen LogP contribution in [0.15, 0.2) is 47.1 Å². The van der Waals surface area contributed by atoms with Crippen LogP contribution in [0.25, 0.3) is 0 Å². The topological polar surface area (TPSA) is 62.8 Å². The van der Waals surface area contributed by atoms with E-state index in [1.165, 1.54) is 18.4 Å². The quantitative estimate of drug-likeness (QED) is 0.828. The standard InChI is InChI=1S/C12H12O4/c13-9-3-5-10(6-4-9)16-8-11(14)12-2-1-7-15-12/h1-7,11,13-14H,8H2. The maximum atomic E-state index is 9.66. The molecule has 1 unspecified atom stereocenters. The Morgan fingerprint density at radius 2 is 1.94 bits per heavy atom. The number of aliphatic hydroxyl groups is 1. The summed E-state index contributed by atoms with van der Waals surface area (Å²) in [6.07, 6.45) is 0.711. The molecule has 0 spiro atoms. The van der Waals surface area contributed by atoms with Gasteiger partial charge in [0, 0.05) is 0 Å². The van der Waals surface area contributed by atoms with E-state index in [2.05, 4.69) is 0 Å². The van der Waals surface area contributed by atoms with Crippen molar-refractivity contribution in [2.45, 2.75) is 6.10 Å². The van der Waals surface area contributed by atoms with E-state index in [0.29, 0.717) is 11.5 Å².